The summed E-state index contributed by atoms with van der Waals surface area (Å²) in [4.78, 5) is 36.0. The molecule has 40 heavy (non-hydrogen) atoms. The van der Waals surface area contributed by atoms with Gasteiger partial charge in [-0.3, -0.25) is 14.5 Å². The molecule has 2 aliphatic heterocycles. The van der Waals surface area contributed by atoms with Gasteiger partial charge in [0.1, 0.15) is 17.9 Å². The molecule has 5 rings (SSSR count). The summed E-state index contributed by atoms with van der Waals surface area (Å²) in [6, 6.07) is 13.7. The predicted octanol–water partition coefficient (Wildman–Crippen LogP) is 2.59. The summed E-state index contributed by atoms with van der Waals surface area (Å²) in [6.45, 7) is 5.70. The SMILES string of the molecule is Cc1ncsc1-c1ccc(CNC(=O)[C@@H]2C[C@@](O)(CO)CN2C(=O)[C@H](C(C)C)N2Cc3ccccc3C2O)cc1. The molecule has 9 nitrogen and oxygen atoms in total. The highest BCUT2D eigenvalue weighted by molar-refractivity contribution is 7.13. The van der Waals surface area contributed by atoms with Crippen molar-refractivity contribution in [2.45, 2.75) is 64.2 Å². The largest absolute Gasteiger partial charge is 0.393 e. The van der Waals surface area contributed by atoms with Crippen LogP contribution in [0.3, 0.4) is 0 Å². The van der Waals surface area contributed by atoms with Crippen LogP contribution in [-0.4, -0.2) is 72.8 Å². The Hall–Kier alpha value is -3.15. The maximum absolute atomic E-state index is 14.0. The van der Waals surface area contributed by atoms with Crippen LogP contribution in [0.5, 0.6) is 0 Å². The molecule has 4 atom stereocenters. The van der Waals surface area contributed by atoms with Crippen molar-refractivity contribution in [3.8, 4) is 10.4 Å². The number of β-amino-alcohol motifs (C(OH)–C–C–N with tert-alkyl or cyclic N) is 1. The number of thiazole rings is 1. The number of fused-ring (bicyclic) bond motifs is 1. The maximum Gasteiger partial charge on any atom is 0.243 e. The molecule has 2 aliphatic rings. The molecule has 0 aliphatic carbocycles. The summed E-state index contributed by atoms with van der Waals surface area (Å²) in [6.07, 6.45) is -1.02. The lowest BCUT2D eigenvalue weighted by molar-refractivity contribution is -0.149. The molecule has 1 fully saturated rings. The summed E-state index contributed by atoms with van der Waals surface area (Å²) in [5.41, 5.74) is 4.87. The van der Waals surface area contributed by atoms with Gasteiger partial charge in [-0.1, -0.05) is 62.4 Å². The third kappa shape index (κ3) is 5.42. The molecule has 0 saturated carbocycles. The van der Waals surface area contributed by atoms with Gasteiger partial charge >= 0.3 is 0 Å². The number of aliphatic hydroxyl groups excluding tert-OH is 2. The molecular weight excluding hydrogens is 528 g/mol. The third-order valence-corrected chi connectivity index (χ3v) is 8.94. The standard InChI is InChI=1S/C30H36N4O5S/c1-18(2)25(33-14-22-6-4-5-7-23(22)28(33)37)29(38)34-15-30(39,16-35)12-24(34)27(36)31-13-20-8-10-21(11-9-20)26-19(3)32-17-40-26/h4-11,17-18,24-25,28,35,37,39H,12-16H2,1-3H3,(H,31,36)/t24-,25-,28?,30-/m0/s1. The number of hydrogen-bond donors (Lipinski definition) is 4. The van der Waals surface area contributed by atoms with E-state index in [1.165, 1.54) is 4.90 Å². The van der Waals surface area contributed by atoms with E-state index in [4.69, 9.17) is 0 Å². The van der Waals surface area contributed by atoms with Crippen LogP contribution >= 0.6 is 11.3 Å². The number of nitrogens with zero attached hydrogens (tertiary/aromatic N) is 3. The number of aliphatic hydroxyl groups is 3. The zero-order valence-electron chi connectivity index (χ0n) is 22.9. The highest BCUT2D eigenvalue weighted by Gasteiger charge is 2.51. The Morgan fingerprint density at radius 3 is 2.52 bits per heavy atom. The number of likely N-dealkylation sites (tertiary alicyclic amines) is 1. The lowest BCUT2D eigenvalue weighted by Gasteiger charge is -2.36. The minimum atomic E-state index is -1.58. The van der Waals surface area contributed by atoms with Gasteiger partial charge < -0.3 is 25.5 Å². The highest BCUT2D eigenvalue weighted by atomic mass is 32.1. The highest BCUT2D eigenvalue weighted by Crippen LogP contribution is 2.37. The zero-order valence-corrected chi connectivity index (χ0v) is 23.8. The molecule has 3 aromatic rings. The molecule has 3 heterocycles. The van der Waals surface area contributed by atoms with Gasteiger partial charge in [-0.25, -0.2) is 4.98 Å². The van der Waals surface area contributed by atoms with E-state index >= 15 is 0 Å². The molecule has 1 aromatic heterocycles. The monoisotopic (exact) mass is 564 g/mol. The number of aryl methyl sites for hydroxylation is 1. The second-order valence-corrected chi connectivity index (χ2v) is 12.0. The van der Waals surface area contributed by atoms with E-state index < -0.39 is 36.4 Å². The molecule has 2 amide bonds. The second kappa shape index (κ2) is 11.4. The Morgan fingerprint density at radius 2 is 1.90 bits per heavy atom. The molecule has 0 bridgehead atoms. The molecule has 212 valence electrons. The van der Waals surface area contributed by atoms with Crippen molar-refractivity contribution in [1.29, 1.82) is 0 Å². The topological polar surface area (TPSA) is 126 Å². The first-order valence-electron chi connectivity index (χ1n) is 13.5. The van der Waals surface area contributed by atoms with Gasteiger partial charge in [-0.15, -0.1) is 11.3 Å². The smallest absolute Gasteiger partial charge is 0.243 e. The van der Waals surface area contributed by atoms with Gasteiger partial charge in [0.15, 0.2) is 0 Å². The Bertz CT molecular complexity index is 1380. The summed E-state index contributed by atoms with van der Waals surface area (Å²) in [5.74, 6) is -0.924. The summed E-state index contributed by atoms with van der Waals surface area (Å²) in [5, 5.41) is 34.8. The molecule has 2 aromatic carbocycles. The minimum Gasteiger partial charge on any atom is -0.393 e. The number of benzene rings is 2. The van der Waals surface area contributed by atoms with Crippen LogP contribution in [0.1, 0.15) is 48.9 Å². The van der Waals surface area contributed by atoms with E-state index in [-0.39, 0.29) is 31.3 Å². The van der Waals surface area contributed by atoms with Gasteiger partial charge in [0.25, 0.3) is 0 Å². The molecule has 10 heteroatoms. The van der Waals surface area contributed by atoms with Crippen LogP contribution < -0.4 is 5.32 Å². The lowest BCUT2D eigenvalue weighted by Crippen LogP contribution is -2.55. The Morgan fingerprint density at radius 1 is 1.18 bits per heavy atom. The molecule has 0 spiro atoms. The van der Waals surface area contributed by atoms with Crippen LogP contribution in [0.4, 0.5) is 0 Å². The van der Waals surface area contributed by atoms with E-state index in [1.54, 1.807) is 16.2 Å². The molecule has 1 saturated heterocycles. The van der Waals surface area contributed by atoms with Gasteiger partial charge in [-0.2, -0.15) is 0 Å². The Labute approximate surface area is 238 Å². The predicted molar refractivity (Wildman–Crippen MR) is 152 cm³/mol. The number of amides is 2. The van der Waals surface area contributed by atoms with Gasteiger partial charge in [-0.05, 0) is 35.1 Å². The van der Waals surface area contributed by atoms with Crippen molar-refractivity contribution in [3.05, 3.63) is 76.4 Å². The van der Waals surface area contributed by atoms with E-state index in [0.717, 1.165) is 32.8 Å². The van der Waals surface area contributed by atoms with Crippen molar-refractivity contribution in [3.63, 3.8) is 0 Å². The van der Waals surface area contributed by atoms with Crippen LogP contribution in [0.25, 0.3) is 10.4 Å². The van der Waals surface area contributed by atoms with Crippen LogP contribution in [0, 0.1) is 12.8 Å². The van der Waals surface area contributed by atoms with Gasteiger partial charge in [0, 0.05) is 19.5 Å². The van der Waals surface area contributed by atoms with Crippen LogP contribution in [0.15, 0.2) is 54.0 Å². The number of carbonyl (C=O) groups excluding carboxylic acids is 2. The first kappa shape index (κ1) is 28.4. The Kier molecular flexibility index (Phi) is 8.08. The first-order valence-corrected chi connectivity index (χ1v) is 14.4. The average Bonchev–Trinajstić information content (AvgIpc) is 3.63. The van der Waals surface area contributed by atoms with Crippen molar-refractivity contribution < 1.29 is 24.9 Å². The zero-order chi connectivity index (χ0) is 28.6. The van der Waals surface area contributed by atoms with Crippen molar-refractivity contribution in [2.24, 2.45) is 5.92 Å². The molecular formula is C30H36N4O5S. The van der Waals surface area contributed by atoms with Crippen LogP contribution in [-0.2, 0) is 22.7 Å². The molecule has 0 radical (unpaired) electrons. The van der Waals surface area contributed by atoms with E-state index in [9.17, 15) is 24.9 Å². The number of aromatic nitrogens is 1. The first-order chi connectivity index (χ1) is 19.1. The number of rotatable bonds is 8. The average molecular weight is 565 g/mol. The molecule has 4 N–H and O–H groups in total. The number of hydrogen-bond acceptors (Lipinski definition) is 8. The fourth-order valence-corrected chi connectivity index (χ4v) is 6.64. The fourth-order valence-electron chi connectivity index (χ4n) is 5.82. The maximum atomic E-state index is 14.0. The summed E-state index contributed by atoms with van der Waals surface area (Å²) >= 11 is 1.58. The third-order valence-electron chi connectivity index (χ3n) is 7.96. The number of carbonyl (C=O) groups is 2. The summed E-state index contributed by atoms with van der Waals surface area (Å²) < 4.78 is 0. The van der Waals surface area contributed by atoms with E-state index in [1.807, 2.05) is 74.8 Å². The van der Waals surface area contributed by atoms with Crippen LogP contribution in [0.2, 0.25) is 0 Å². The van der Waals surface area contributed by atoms with Gasteiger partial charge in [0.2, 0.25) is 11.8 Å². The normalized spacial score (nSPS) is 23.4. The van der Waals surface area contributed by atoms with Crippen molar-refractivity contribution in [1.82, 2.24) is 20.1 Å². The van der Waals surface area contributed by atoms with Crippen molar-refractivity contribution in [2.75, 3.05) is 13.2 Å². The van der Waals surface area contributed by atoms with E-state index in [2.05, 4.69) is 10.3 Å². The second-order valence-electron chi connectivity index (χ2n) is 11.2. The quantitative estimate of drug-likeness (QED) is 0.331. The fraction of sp³-hybridized carbons (Fsp3) is 0.433. The molecule has 1 unspecified atom stereocenters. The summed E-state index contributed by atoms with van der Waals surface area (Å²) in [7, 11) is 0. The van der Waals surface area contributed by atoms with E-state index in [0.29, 0.717) is 6.54 Å². The lowest BCUT2D eigenvalue weighted by atomic mass is 10.00. The van der Waals surface area contributed by atoms with Gasteiger partial charge in [0.05, 0.1) is 35.3 Å². The number of nitrogens with one attached hydrogen (secondary N) is 1. The Balaban J connectivity index is 1.31. The van der Waals surface area contributed by atoms with Crippen molar-refractivity contribution >= 4 is 23.2 Å². The minimum absolute atomic E-state index is 0.0712.